The van der Waals surface area contributed by atoms with Crippen LogP contribution in [0.3, 0.4) is 0 Å². The minimum absolute atomic E-state index is 0.0434. The average Bonchev–Trinajstić information content (AvgIpc) is 2.82. The van der Waals surface area contributed by atoms with E-state index in [0.717, 1.165) is 70.0 Å². The van der Waals surface area contributed by atoms with Crippen LogP contribution in [0, 0.1) is 11.8 Å². The highest BCUT2D eigenvalue weighted by Gasteiger charge is 2.27. The van der Waals surface area contributed by atoms with Gasteiger partial charge in [0.25, 0.3) is 5.91 Å². The van der Waals surface area contributed by atoms with Crippen LogP contribution in [0.15, 0.2) is 24.3 Å². The van der Waals surface area contributed by atoms with Crippen molar-refractivity contribution < 1.29 is 14.3 Å². The second-order valence-corrected chi connectivity index (χ2v) is 8.98. The molecule has 31 heavy (non-hydrogen) atoms. The first-order valence-electron chi connectivity index (χ1n) is 12.1. The fourth-order valence-electron chi connectivity index (χ4n) is 4.71. The molecule has 3 rings (SSSR count). The maximum Gasteiger partial charge on any atom is 0.309 e. The summed E-state index contributed by atoms with van der Waals surface area (Å²) in [6.45, 7) is 9.52. The van der Waals surface area contributed by atoms with Crippen molar-refractivity contribution in [3.05, 3.63) is 24.3 Å². The van der Waals surface area contributed by atoms with E-state index in [4.69, 9.17) is 4.74 Å². The zero-order chi connectivity index (χ0) is 22.1. The van der Waals surface area contributed by atoms with Crippen molar-refractivity contribution in [2.24, 2.45) is 11.8 Å². The van der Waals surface area contributed by atoms with Crippen molar-refractivity contribution in [3.63, 3.8) is 0 Å². The highest BCUT2D eigenvalue weighted by Crippen LogP contribution is 2.32. The molecule has 172 valence electrons. The summed E-state index contributed by atoms with van der Waals surface area (Å²) < 4.78 is 5.31. The number of esters is 1. The van der Waals surface area contributed by atoms with Crippen LogP contribution in [-0.4, -0.2) is 56.1 Å². The van der Waals surface area contributed by atoms with Crippen LogP contribution in [0.1, 0.15) is 58.8 Å². The fraction of sp³-hybridized carbons (Fsp3) is 0.680. The van der Waals surface area contributed by atoms with Crippen LogP contribution >= 0.6 is 0 Å². The number of piperazine rings is 1. The van der Waals surface area contributed by atoms with Gasteiger partial charge in [0.1, 0.15) is 0 Å². The number of carbonyl (C=O) groups is 2. The number of nitrogens with one attached hydrogen (secondary N) is 1. The summed E-state index contributed by atoms with van der Waals surface area (Å²) in [5.74, 6) is 0.212. The Morgan fingerprint density at radius 1 is 1.00 bits per heavy atom. The van der Waals surface area contributed by atoms with Gasteiger partial charge in [-0.15, -0.1) is 0 Å². The standard InChI is InChI=1S/C25H39N3O3/c1-3-5-6-20-7-9-21(10-8-20)25(30)31-19-24(29)26-22-11-13-23(14-12-22)28-17-15-27(4-2)16-18-28/h11-14,20-21H,3-10,15-19H2,1-2H3,(H,26,29). The number of ether oxygens (including phenoxy) is 1. The van der Waals surface area contributed by atoms with Crippen LogP contribution in [0.25, 0.3) is 0 Å². The first-order chi connectivity index (χ1) is 15.1. The van der Waals surface area contributed by atoms with Crippen LogP contribution in [0.4, 0.5) is 11.4 Å². The number of rotatable bonds is 9. The molecule has 6 heteroatoms. The Bertz CT molecular complexity index is 690. The summed E-state index contributed by atoms with van der Waals surface area (Å²) in [5.41, 5.74) is 1.91. The van der Waals surface area contributed by atoms with E-state index in [1.54, 1.807) is 0 Å². The lowest BCUT2D eigenvalue weighted by atomic mass is 9.80. The number of carbonyl (C=O) groups excluding carboxylic acids is 2. The first-order valence-corrected chi connectivity index (χ1v) is 12.1. The lowest BCUT2D eigenvalue weighted by molar-refractivity contribution is -0.152. The van der Waals surface area contributed by atoms with E-state index in [1.165, 1.54) is 24.9 Å². The number of nitrogens with zero attached hydrogens (tertiary/aromatic N) is 2. The van der Waals surface area contributed by atoms with Crippen LogP contribution in [0.2, 0.25) is 0 Å². The van der Waals surface area contributed by atoms with E-state index in [0.29, 0.717) is 0 Å². The molecule has 1 aromatic rings. The number of hydrogen-bond acceptors (Lipinski definition) is 5. The predicted molar refractivity (Wildman–Crippen MR) is 125 cm³/mol. The predicted octanol–water partition coefficient (Wildman–Crippen LogP) is 4.31. The van der Waals surface area contributed by atoms with Gasteiger partial charge >= 0.3 is 5.97 Å². The van der Waals surface area contributed by atoms with E-state index in [9.17, 15) is 9.59 Å². The third kappa shape index (κ3) is 7.23. The quantitative estimate of drug-likeness (QED) is 0.593. The van der Waals surface area contributed by atoms with Gasteiger partial charge in [0.15, 0.2) is 6.61 Å². The summed E-state index contributed by atoms with van der Waals surface area (Å²) in [4.78, 5) is 29.4. The van der Waals surface area contributed by atoms with Gasteiger partial charge in [-0.3, -0.25) is 9.59 Å². The molecule has 6 nitrogen and oxygen atoms in total. The molecule has 1 saturated carbocycles. The zero-order valence-corrected chi connectivity index (χ0v) is 19.3. The average molecular weight is 430 g/mol. The molecule has 0 aromatic heterocycles. The molecule has 0 radical (unpaired) electrons. The number of anilines is 2. The van der Waals surface area contributed by atoms with Gasteiger partial charge in [0, 0.05) is 37.6 Å². The minimum Gasteiger partial charge on any atom is -0.455 e. The monoisotopic (exact) mass is 429 g/mol. The molecule has 0 bridgehead atoms. The smallest absolute Gasteiger partial charge is 0.309 e. The van der Waals surface area contributed by atoms with Gasteiger partial charge in [-0.25, -0.2) is 0 Å². The SMILES string of the molecule is CCCCC1CCC(C(=O)OCC(=O)Nc2ccc(N3CCN(CC)CC3)cc2)CC1. The van der Waals surface area contributed by atoms with Crippen LogP contribution in [0.5, 0.6) is 0 Å². The molecular formula is C25H39N3O3. The second kappa shape index (κ2) is 12.1. The van der Waals surface area contributed by atoms with E-state index in [1.807, 2.05) is 24.3 Å². The third-order valence-corrected chi connectivity index (χ3v) is 6.83. The topological polar surface area (TPSA) is 61.9 Å². The van der Waals surface area contributed by atoms with Crippen molar-refractivity contribution in [2.45, 2.75) is 58.8 Å². The Balaban J connectivity index is 1.36. The van der Waals surface area contributed by atoms with Crippen molar-refractivity contribution in [1.29, 1.82) is 0 Å². The highest BCUT2D eigenvalue weighted by atomic mass is 16.5. The Morgan fingerprint density at radius 2 is 1.68 bits per heavy atom. The molecule has 0 atom stereocenters. The Morgan fingerprint density at radius 3 is 2.29 bits per heavy atom. The molecule has 1 N–H and O–H groups in total. The Hall–Kier alpha value is -2.08. The number of amides is 1. The number of unbranched alkanes of at least 4 members (excludes halogenated alkanes) is 1. The van der Waals surface area contributed by atoms with E-state index >= 15 is 0 Å². The van der Waals surface area contributed by atoms with E-state index in [2.05, 4.69) is 29.0 Å². The number of hydrogen-bond donors (Lipinski definition) is 1. The van der Waals surface area contributed by atoms with Crippen molar-refractivity contribution in [3.8, 4) is 0 Å². The summed E-state index contributed by atoms with van der Waals surface area (Å²) in [6, 6.07) is 7.91. The lowest BCUT2D eigenvalue weighted by Crippen LogP contribution is -2.46. The molecular weight excluding hydrogens is 390 g/mol. The normalized spacial score (nSPS) is 22.2. The molecule has 1 amide bonds. The molecule has 2 fully saturated rings. The summed E-state index contributed by atoms with van der Waals surface area (Å²) in [7, 11) is 0. The third-order valence-electron chi connectivity index (χ3n) is 6.83. The van der Waals surface area contributed by atoms with Crippen LogP contribution in [-0.2, 0) is 14.3 Å². The van der Waals surface area contributed by atoms with Gasteiger partial charge in [-0.05, 0) is 62.4 Å². The second-order valence-electron chi connectivity index (χ2n) is 8.98. The molecule has 1 aliphatic carbocycles. The molecule has 2 aliphatic rings. The summed E-state index contributed by atoms with van der Waals surface area (Å²) in [6.07, 6.45) is 7.77. The maximum atomic E-state index is 12.3. The maximum absolute atomic E-state index is 12.3. The molecule has 0 spiro atoms. The van der Waals surface area contributed by atoms with E-state index < -0.39 is 0 Å². The summed E-state index contributed by atoms with van der Waals surface area (Å²) in [5, 5.41) is 2.83. The summed E-state index contributed by atoms with van der Waals surface area (Å²) >= 11 is 0. The number of likely N-dealkylation sites (N-methyl/N-ethyl adjacent to an activating group) is 1. The van der Waals surface area contributed by atoms with Gasteiger partial charge in [0.05, 0.1) is 5.92 Å². The zero-order valence-electron chi connectivity index (χ0n) is 19.3. The first kappa shape index (κ1) is 23.6. The van der Waals surface area contributed by atoms with Gasteiger partial charge in [-0.1, -0.05) is 33.1 Å². The molecule has 1 aromatic carbocycles. The highest BCUT2D eigenvalue weighted by molar-refractivity contribution is 5.93. The van der Waals surface area contributed by atoms with Crippen molar-refractivity contribution >= 4 is 23.3 Å². The van der Waals surface area contributed by atoms with Crippen molar-refractivity contribution in [1.82, 2.24) is 4.90 Å². The molecule has 1 aliphatic heterocycles. The largest absolute Gasteiger partial charge is 0.455 e. The van der Waals surface area contributed by atoms with Gasteiger partial charge in [0.2, 0.25) is 0 Å². The van der Waals surface area contributed by atoms with Crippen molar-refractivity contribution in [2.75, 3.05) is 49.5 Å². The molecule has 1 saturated heterocycles. The van der Waals surface area contributed by atoms with Gasteiger partial charge in [-0.2, -0.15) is 0 Å². The van der Waals surface area contributed by atoms with Gasteiger partial charge < -0.3 is 19.9 Å². The fourth-order valence-corrected chi connectivity index (χ4v) is 4.71. The molecule has 1 heterocycles. The Kier molecular flexibility index (Phi) is 9.19. The van der Waals surface area contributed by atoms with Crippen LogP contribution < -0.4 is 10.2 Å². The molecule has 0 unspecified atom stereocenters. The number of benzene rings is 1. The van der Waals surface area contributed by atoms with E-state index in [-0.39, 0.29) is 24.4 Å². The minimum atomic E-state index is -0.283. The Labute approximate surface area is 187 Å². The lowest BCUT2D eigenvalue weighted by Gasteiger charge is -2.35.